The maximum atomic E-state index is 11.0. The molecule has 0 atom stereocenters. The predicted octanol–water partition coefficient (Wildman–Crippen LogP) is 1.92. The van der Waals surface area contributed by atoms with Crippen LogP contribution < -0.4 is 10.1 Å². The Hall–Kier alpha value is -2.24. The molecule has 1 aromatic carbocycles. The third-order valence-electron chi connectivity index (χ3n) is 3.33. The van der Waals surface area contributed by atoms with E-state index in [2.05, 4.69) is 15.0 Å². The number of rotatable bonds is 9. The van der Waals surface area contributed by atoms with Gasteiger partial charge in [-0.15, -0.1) is 0 Å². The van der Waals surface area contributed by atoms with Crippen LogP contribution in [-0.4, -0.2) is 57.7 Å². The zero-order valence-electron chi connectivity index (χ0n) is 14.2. The molecule has 1 rings (SSSR count). The van der Waals surface area contributed by atoms with Gasteiger partial charge in [-0.2, -0.15) is 0 Å². The molecule has 0 aliphatic heterocycles. The first-order chi connectivity index (χ1) is 11.2. The normalized spacial score (nSPS) is 11.0. The molecule has 1 aromatic rings. The number of unbranched alkanes of at least 4 members (excludes halogenated alkanes) is 1. The van der Waals surface area contributed by atoms with E-state index in [9.17, 15) is 4.79 Å². The molecule has 128 valence electrons. The van der Waals surface area contributed by atoms with Gasteiger partial charge >= 0.3 is 5.97 Å². The van der Waals surface area contributed by atoms with E-state index in [1.54, 1.807) is 7.05 Å². The van der Waals surface area contributed by atoms with Crippen LogP contribution >= 0.6 is 0 Å². The van der Waals surface area contributed by atoms with Gasteiger partial charge in [0.25, 0.3) is 0 Å². The Kier molecular flexibility index (Phi) is 9.28. The third-order valence-corrected chi connectivity index (χ3v) is 3.33. The zero-order chi connectivity index (χ0) is 16.9. The van der Waals surface area contributed by atoms with Crippen LogP contribution in [-0.2, 0) is 9.53 Å². The standard InChI is InChI=1S/C17H27N3O3/c1-18-17(19-12-8-7-11-16(21)22-3)20(2)13-14-23-15-9-5-4-6-10-15/h4-6,9-10H,7-8,11-14H2,1-3H3,(H,18,19). The minimum atomic E-state index is -0.162. The van der Waals surface area contributed by atoms with Crippen molar-refractivity contribution >= 4 is 11.9 Å². The summed E-state index contributed by atoms with van der Waals surface area (Å²) in [5.41, 5.74) is 0. The number of para-hydroxylation sites is 1. The van der Waals surface area contributed by atoms with E-state index >= 15 is 0 Å². The summed E-state index contributed by atoms with van der Waals surface area (Å²) in [6.07, 6.45) is 2.15. The molecule has 1 N–H and O–H groups in total. The van der Waals surface area contributed by atoms with Crippen molar-refractivity contribution in [2.75, 3.05) is 40.9 Å². The van der Waals surface area contributed by atoms with Gasteiger partial charge in [-0.3, -0.25) is 9.79 Å². The average Bonchev–Trinajstić information content (AvgIpc) is 2.58. The summed E-state index contributed by atoms with van der Waals surface area (Å²) in [5.74, 6) is 1.52. The zero-order valence-corrected chi connectivity index (χ0v) is 14.2. The van der Waals surface area contributed by atoms with Crippen molar-refractivity contribution in [3.05, 3.63) is 30.3 Å². The summed E-state index contributed by atoms with van der Waals surface area (Å²) < 4.78 is 10.3. The monoisotopic (exact) mass is 321 g/mol. The minimum absolute atomic E-state index is 0.162. The second-order valence-corrected chi connectivity index (χ2v) is 5.09. The number of esters is 1. The maximum absolute atomic E-state index is 11.0. The molecule has 0 unspecified atom stereocenters. The largest absolute Gasteiger partial charge is 0.492 e. The van der Waals surface area contributed by atoms with Crippen molar-refractivity contribution in [1.29, 1.82) is 0 Å². The first-order valence-electron chi connectivity index (χ1n) is 7.83. The van der Waals surface area contributed by atoms with Crippen LogP contribution in [0, 0.1) is 0 Å². The fourth-order valence-corrected chi connectivity index (χ4v) is 2.00. The van der Waals surface area contributed by atoms with E-state index in [1.807, 2.05) is 42.3 Å². The quantitative estimate of drug-likeness (QED) is 0.326. The number of guanidine groups is 1. The minimum Gasteiger partial charge on any atom is -0.492 e. The average molecular weight is 321 g/mol. The molecule has 6 nitrogen and oxygen atoms in total. The molecule has 0 aliphatic rings. The van der Waals surface area contributed by atoms with Gasteiger partial charge in [0.1, 0.15) is 12.4 Å². The van der Waals surface area contributed by atoms with E-state index in [0.717, 1.165) is 37.6 Å². The van der Waals surface area contributed by atoms with Gasteiger partial charge in [-0.1, -0.05) is 18.2 Å². The van der Waals surface area contributed by atoms with Crippen molar-refractivity contribution in [1.82, 2.24) is 10.2 Å². The van der Waals surface area contributed by atoms with Gasteiger partial charge in [0, 0.05) is 27.1 Å². The number of hydrogen-bond acceptors (Lipinski definition) is 4. The second kappa shape index (κ2) is 11.3. The Morgan fingerprint density at radius 3 is 2.65 bits per heavy atom. The van der Waals surface area contributed by atoms with Crippen molar-refractivity contribution in [2.24, 2.45) is 4.99 Å². The first-order valence-corrected chi connectivity index (χ1v) is 7.83. The summed E-state index contributed by atoms with van der Waals surface area (Å²) in [5, 5.41) is 3.28. The van der Waals surface area contributed by atoms with Crippen LogP contribution in [0.2, 0.25) is 0 Å². The number of methoxy groups -OCH3 is 1. The second-order valence-electron chi connectivity index (χ2n) is 5.09. The number of nitrogens with zero attached hydrogens (tertiary/aromatic N) is 2. The Morgan fingerprint density at radius 1 is 1.26 bits per heavy atom. The molecule has 0 amide bonds. The lowest BCUT2D eigenvalue weighted by atomic mass is 10.2. The van der Waals surface area contributed by atoms with Gasteiger partial charge in [-0.05, 0) is 25.0 Å². The van der Waals surface area contributed by atoms with Gasteiger partial charge in [-0.25, -0.2) is 0 Å². The van der Waals surface area contributed by atoms with E-state index in [-0.39, 0.29) is 5.97 Å². The molecule has 0 saturated heterocycles. The topological polar surface area (TPSA) is 63.2 Å². The number of ether oxygens (including phenoxy) is 2. The molecule has 0 aromatic heterocycles. The van der Waals surface area contributed by atoms with Crippen LogP contribution in [0.1, 0.15) is 19.3 Å². The van der Waals surface area contributed by atoms with Crippen LogP contribution in [0.25, 0.3) is 0 Å². The first kappa shape index (κ1) is 18.8. The molecule has 23 heavy (non-hydrogen) atoms. The molecule has 0 aliphatic carbocycles. The summed E-state index contributed by atoms with van der Waals surface area (Å²) in [4.78, 5) is 17.3. The predicted molar refractivity (Wildman–Crippen MR) is 91.8 cm³/mol. The maximum Gasteiger partial charge on any atom is 0.305 e. The number of carbonyl (C=O) groups excluding carboxylic acids is 1. The SMILES string of the molecule is CN=C(NCCCCC(=O)OC)N(C)CCOc1ccccc1. The van der Waals surface area contributed by atoms with E-state index in [4.69, 9.17) is 4.74 Å². The number of hydrogen-bond donors (Lipinski definition) is 1. The number of nitrogens with one attached hydrogen (secondary N) is 1. The lowest BCUT2D eigenvalue weighted by molar-refractivity contribution is -0.140. The summed E-state index contributed by atoms with van der Waals surface area (Å²) >= 11 is 0. The van der Waals surface area contributed by atoms with E-state index < -0.39 is 0 Å². The lowest BCUT2D eigenvalue weighted by Gasteiger charge is -2.22. The Balaban J connectivity index is 2.19. The number of aliphatic imine (C=N–C) groups is 1. The van der Waals surface area contributed by atoms with Gasteiger partial charge in [0.15, 0.2) is 5.96 Å². The fraction of sp³-hybridized carbons (Fsp3) is 0.529. The van der Waals surface area contributed by atoms with Crippen molar-refractivity contribution in [3.63, 3.8) is 0 Å². The number of benzene rings is 1. The highest BCUT2D eigenvalue weighted by Crippen LogP contribution is 2.07. The number of carbonyl (C=O) groups is 1. The highest BCUT2D eigenvalue weighted by atomic mass is 16.5. The van der Waals surface area contributed by atoms with Crippen LogP contribution in [0.4, 0.5) is 0 Å². The summed E-state index contributed by atoms with van der Waals surface area (Å²) in [6.45, 7) is 2.09. The third kappa shape index (κ3) is 8.09. The number of likely N-dealkylation sites (N-methyl/N-ethyl adjacent to an activating group) is 1. The lowest BCUT2D eigenvalue weighted by Crippen LogP contribution is -2.41. The summed E-state index contributed by atoms with van der Waals surface area (Å²) in [6, 6.07) is 9.75. The molecule has 0 radical (unpaired) electrons. The van der Waals surface area contributed by atoms with Crippen molar-refractivity contribution in [3.8, 4) is 5.75 Å². The van der Waals surface area contributed by atoms with Gasteiger partial charge in [0.05, 0.1) is 13.7 Å². The molecule has 0 fully saturated rings. The molecular weight excluding hydrogens is 294 g/mol. The molecule has 0 saturated carbocycles. The Morgan fingerprint density at radius 2 is 2.00 bits per heavy atom. The van der Waals surface area contributed by atoms with Crippen LogP contribution in [0.3, 0.4) is 0 Å². The Bertz CT molecular complexity index is 477. The molecule has 0 heterocycles. The van der Waals surface area contributed by atoms with Crippen LogP contribution in [0.15, 0.2) is 35.3 Å². The molecular formula is C17H27N3O3. The van der Waals surface area contributed by atoms with Crippen LogP contribution in [0.5, 0.6) is 5.75 Å². The molecule has 0 bridgehead atoms. The van der Waals surface area contributed by atoms with Crippen molar-refractivity contribution in [2.45, 2.75) is 19.3 Å². The highest BCUT2D eigenvalue weighted by molar-refractivity contribution is 5.79. The fourth-order valence-electron chi connectivity index (χ4n) is 2.00. The van der Waals surface area contributed by atoms with Gasteiger partial charge < -0.3 is 19.7 Å². The van der Waals surface area contributed by atoms with Crippen molar-refractivity contribution < 1.29 is 14.3 Å². The summed E-state index contributed by atoms with van der Waals surface area (Å²) in [7, 11) is 5.14. The highest BCUT2D eigenvalue weighted by Gasteiger charge is 2.06. The smallest absolute Gasteiger partial charge is 0.305 e. The van der Waals surface area contributed by atoms with Gasteiger partial charge in [0.2, 0.25) is 0 Å². The van der Waals surface area contributed by atoms with E-state index in [1.165, 1.54) is 7.11 Å². The Labute approximate surface area is 138 Å². The molecule has 0 spiro atoms. The molecule has 6 heteroatoms. The van der Waals surface area contributed by atoms with E-state index in [0.29, 0.717) is 13.0 Å².